The second-order valence-electron chi connectivity index (χ2n) is 5.89. The lowest BCUT2D eigenvalue weighted by Gasteiger charge is -2.23. The van der Waals surface area contributed by atoms with Crippen LogP contribution in [0, 0.1) is 11.8 Å². The Morgan fingerprint density at radius 2 is 1.87 bits per heavy atom. The molecular formula is C17H16ClNO4. The molecule has 1 aromatic rings. The SMILES string of the molecule is O=C(O)[C@H](Cc1ccccc1)N1C(=O)[C@H]2CC=C(Cl)C[C@H]2C1=O. The lowest BCUT2D eigenvalue weighted by molar-refractivity contribution is -0.155. The van der Waals surface area contributed by atoms with E-state index in [9.17, 15) is 19.5 Å². The zero-order valence-electron chi connectivity index (χ0n) is 12.3. The zero-order chi connectivity index (χ0) is 16.6. The Bertz CT molecular complexity index is 685. The fraction of sp³-hybridized carbons (Fsp3) is 0.353. The van der Waals surface area contributed by atoms with Gasteiger partial charge in [-0.2, -0.15) is 0 Å². The predicted molar refractivity (Wildman–Crippen MR) is 83.6 cm³/mol. The number of hydrogen-bond acceptors (Lipinski definition) is 3. The highest BCUT2D eigenvalue weighted by Gasteiger charge is 2.52. The summed E-state index contributed by atoms with van der Waals surface area (Å²) in [4.78, 5) is 37.8. The second kappa shape index (κ2) is 6.16. The molecule has 6 heteroatoms. The average Bonchev–Trinajstić information content (AvgIpc) is 2.77. The normalized spacial score (nSPS) is 25.1. The summed E-state index contributed by atoms with van der Waals surface area (Å²) in [5.41, 5.74) is 0.770. The van der Waals surface area contributed by atoms with Crippen LogP contribution in [0.25, 0.3) is 0 Å². The smallest absolute Gasteiger partial charge is 0.327 e. The Kier molecular flexibility index (Phi) is 4.22. The van der Waals surface area contributed by atoms with Crippen LogP contribution >= 0.6 is 11.6 Å². The fourth-order valence-electron chi connectivity index (χ4n) is 3.29. The Hall–Kier alpha value is -2.14. The first-order chi connectivity index (χ1) is 11.0. The molecule has 3 rings (SSSR count). The van der Waals surface area contributed by atoms with Gasteiger partial charge < -0.3 is 5.11 Å². The van der Waals surface area contributed by atoms with Crippen LogP contribution in [0.15, 0.2) is 41.4 Å². The van der Waals surface area contributed by atoms with E-state index < -0.39 is 35.7 Å². The molecule has 1 aliphatic carbocycles. The van der Waals surface area contributed by atoms with Crippen LogP contribution in [-0.4, -0.2) is 33.8 Å². The quantitative estimate of drug-likeness (QED) is 0.857. The molecule has 0 saturated carbocycles. The lowest BCUT2D eigenvalue weighted by Crippen LogP contribution is -2.46. The third-order valence-corrected chi connectivity index (χ3v) is 4.78. The molecule has 1 aliphatic heterocycles. The number of rotatable bonds is 4. The number of carbonyl (C=O) groups excluding carboxylic acids is 2. The molecule has 1 saturated heterocycles. The Balaban J connectivity index is 1.87. The Morgan fingerprint density at radius 1 is 1.22 bits per heavy atom. The third-order valence-electron chi connectivity index (χ3n) is 4.47. The van der Waals surface area contributed by atoms with E-state index in [4.69, 9.17) is 11.6 Å². The van der Waals surface area contributed by atoms with Crippen LogP contribution in [-0.2, 0) is 20.8 Å². The first-order valence-corrected chi connectivity index (χ1v) is 7.85. The number of carbonyl (C=O) groups is 3. The second-order valence-corrected chi connectivity index (χ2v) is 6.38. The molecule has 0 radical (unpaired) electrons. The highest BCUT2D eigenvalue weighted by atomic mass is 35.5. The van der Waals surface area contributed by atoms with Crippen molar-refractivity contribution in [1.29, 1.82) is 0 Å². The summed E-state index contributed by atoms with van der Waals surface area (Å²) in [7, 11) is 0. The molecule has 0 aromatic heterocycles. The van der Waals surface area contributed by atoms with Crippen molar-refractivity contribution in [2.75, 3.05) is 0 Å². The van der Waals surface area contributed by atoms with Crippen molar-refractivity contribution < 1.29 is 19.5 Å². The van der Waals surface area contributed by atoms with Gasteiger partial charge in [0.1, 0.15) is 6.04 Å². The molecular weight excluding hydrogens is 318 g/mol. The van der Waals surface area contributed by atoms with Crippen molar-refractivity contribution in [1.82, 2.24) is 4.90 Å². The summed E-state index contributed by atoms with van der Waals surface area (Å²) in [6.45, 7) is 0. The van der Waals surface area contributed by atoms with Crippen LogP contribution in [0.4, 0.5) is 0 Å². The van der Waals surface area contributed by atoms with E-state index in [1.54, 1.807) is 30.3 Å². The molecule has 1 N–H and O–H groups in total. The number of allylic oxidation sites excluding steroid dienone is 2. The number of likely N-dealkylation sites (tertiary alicyclic amines) is 1. The molecule has 1 aromatic carbocycles. The van der Waals surface area contributed by atoms with Gasteiger partial charge in [-0.15, -0.1) is 0 Å². The fourth-order valence-corrected chi connectivity index (χ4v) is 3.54. The van der Waals surface area contributed by atoms with Crippen LogP contribution < -0.4 is 0 Å². The molecule has 0 spiro atoms. The Morgan fingerprint density at radius 3 is 2.52 bits per heavy atom. The molecule has 120 valence electrons. The van der Waals surface area contributed by atoms with Gasteiger partial charge in [0.25, 0.3) is 0 Å². The molecule has 0 bridgehead atoms. The van der Waals surface area contributed by atoms with Gasteiger partial charge in [-0.25, -0.2) is 4.79 Å². The van der Waals surface area contributed by atoms with Crippen LogP contribution in [0.1, 0.15) is 18.4 Å². The number of amides is 2. The van der Waals surface area contributed by atoms with Gasteiger partial charge in [0.05, 0.1) is 11.8 Å². The molecule has 1 heterocycles. The van der Waals surface area contributed by atoms with Crippen molar-refractivity contribution in [3.8, 4) is 0 Å². The zero-order valence-corrected chi connectivity index (χ0v) is 13.1. The first kappa shape index (κ1) is 15.7. The van der Waals surface area contributed by atoms with Gasteiger partial charge in [0.15, 0.2) is 0 Å². The minimum Gasteiger partial charge on any atom is -0.480 e. The van der Waals surface area contributed by atoms with Crippen molar-refractivity contribution in [2.24, 2.45) is 11.8 Å². The van der Waals surface area contributed by atoms with Crippen LogP contribution in [0.2, 0.25) is 0 Å². The summed E-state index contributed by atoms with van der Waals surface area (Å²) in [6, 6.07) is 7.81. The van der Waals surface area contributed by atoms with E-state index >= 15 is 0 Å². The number of carboxylic acid groups (broad SMARTS) is 1. The molecule has 3 atom stereocenters. The number of hydrogen-bond donors (Lipinski definition) is 1. The topological polar surface area (TPSA) is 74.7 Å². The van der Waals surface area contributed by atoms with E-state index in [1.165, 1.54) is 0 Å². The summed E-state index contributed by atoms with van der Waals surface area (Å²) in [5, 5.41) is 10.1. The van der Waals surface area contributed by atoms with E-state index in [1.807, 2.05) is 6.07 Å². The van der Waals surface area contributed by atoms with Gasteiger partial charge in [0.2, 0.25) is 11.8 Å². The summed E-state index contributed by atoms with van der Waals surface area (Å²) >= 11 is 5.98. The van der Waals surface area contributed by atoms with Gasteiger partial charge in [-0.3, -0.25) is 14.5 Å². The monoisotopic (exact) mass is 333 g/mol. The standard InChI is InChI=1S/C17H16ClNO4/c18-11-6-7-12-13(9-11)16(21)19(15(12)20)14(17(22)23)8-10-4-2-1-3-5-10/h1-6,12-14H,7-9H2,(H,22,23)/t12-,13+,14-/m0/s1. The minimum absolute atomic E-state index is 0.105. The maximum atomic E-state index is 12.6. The molecule has 23 heavy (non-hydrogen) atoms. The number of benzene rings is 1. The minimum atomic E-state index is -1.18. The third kappa shape index (κ3) is 2.88. The van der Waals surface area contributed by atoms with Crippen LogP contribution in [0.3, 0.4) is 0 Å². The highest BCUT2D eigenvalue weighted by Crippen LogP contribution is 2.40. The molecule has 5 nitrogen and oxygen atoms in total. The molecule has 2 aliphatic rings. The van der Waals surface area contributed by atoms with Crippen molar-refractivity contribution in [3.05, 3.63) is 47.0 Å². The highest BCUT2D eigenvalue weighted by molar-refractivity contribution is 6.30. The van der Waals surface area contributed by atoms with E-state index in [2.05, 4.69) is 0 Å². The molecule has 2 amide bonds. The van der Waals surface area contributed by atoms with Crippen molar-refractivity contribution in [3.63, 3.8) is 0 Å². The largest absolute Gasteiger partial charge is 0.480 e. The van der Waals surface area contributed by atoms with Gasteiger partial charge in [0, 0.05) is 11.5 Å². The van der Waals surface area contributed by atoms with E-state index in [0.717, 1.165) is 10.5 Å². The number of nitrogens with zero attached hydrogens (tertiary/aromatic N) is 1. The average molecular weight is 334 g/mol. The maximum Gasteiger partial charge on any atom is 0.327 e. The molecule has 0 unspecified atom stereocenters. The first-order valence-electron chi connectivity index (χ1n) is 7.47. The summed E-state index contributed by atoms with van der Waals surface area (Å²) in [5.74, 6) is -3.01. The number of halogens is 1. The van der Waals surface area contributed by atoms with Crippen molar-refractivity contribution >= 4 is 29.4 Å². The maximum absolute atomic E-state index is 12.6. The lowest BCUT2D eigenvalue weighted by atomic mass is 9.85. The predicted octanol–water partition coefficient (Wildman–Crippen LogP) is 2.20. The molecule has 1 fully saturated rings. The van der Waals surface area contributed by atoms with E-state index in [-0.39, 0.29) is 6.42 Å². The number of imide groups is 1. The number of fused-ring (bicyclic) bond motifs is 1. The van der Waals surface area contributed by atoms with Gasteiger partial charge in [-0.1, -0.05) is 48.0 Å². The van der Waals surface area contributed by atoms with Gasteiger partial charge in [-0.05, 0) is 18.4 Å². The van der Waals surface area contributed by atoms with E-state index in [0.29, 0.717) is 17.9 Å². The summed E-state index contributed by atoms with van der Waals surface area (Å²) in [6.07, 6.45) is 2.55. The van der Waals surface area contributed by atoms with Crippen molar-refractivity contribution in [2.45, 2.75) is 25.3 Å². The van der Waals surface area contributed by atoms with Gasteiger partial charge >= 0.3 is 5.97 Å². The van der Waals surface area contributed by atoms with Crippen LogP contribution in [0.5, 0.6) is 0 Å². The number of carboxylic acids is 1. The summed E-state index contributed by atoms with van der Waals surface area (Å²) < 4.78 is 0. The Labute approximate surface area is 138 Å². The number of aliphatic carboxylic acids is 1.